The lowest BCUT2D eigenvalue weighted by atomic mass is 10.2. The van der Waals surface area contributed by atoms with Gasteiger partial charge in [0.15, 0.2) is 5.82 Å². The minimum Gasteiger partial charge on any atom is -0.319 e. The number of nitriles is 1. The summed E-state index contributed by atoms with van der Waals surface area (Å²) in [5.41, 5.74) is 1.81. The van der Waals surface area contributed by atoms with Gasteiger partial charge in [0.25, 0.3) is 5.91 Å². The van der Waals surface area contributed by atoms with Crippen LogP contribution in [0.2, 0.25) is 0 Å². The molecule has 4 rings (SSSR count). The van der Waals surface area contributed by atoms with Gasteiger partial charge in [-0.3, -0.25) is 4.79 Å². The van der Waals surface area contributed by atoms with Gasteiger partial charge in [-0.25, -0.2) is 9.67 Å². The molecule has 0 aliphatic carbocycles. The summed E-state index contributed by atoms with van der Waals surface area (Å²) in [6.07, 6.45) is 0. The predicted octanol–water partition coefficient (Wildman–Crippen LogP) is 4.12. The summed E-state index contributed by atoms with van der Waals surface area (Å²) in [4.78, 5) is 18.0. The Hall–Kier alpha value is -3.76. The van der Waals surface area contributed by atoms with Crippen LogP contribution < -0.4 is 5.32 Å². The van der Waals surface area contributed by atoms with Gasteiger partial charge in [-0.1, -0.05) is 30.3 Å². The molecule has 0 bridgehead atoms. The minimum atomic E-state index is -0.433. The molecule has 0 fully saturated rings. The number of anilines is 1. The van der Waals surface area contributed by atoms with Crippen LogP contribution in [0, 0.1) is 11.3 Å². The molecule has 27 heavy (non-hydrogen) atoms. The number of amides is 1. The van der Waals surface area contributed by atoms with Crippen LogP contribution in [0.15, 0.2) is 72.1 Å². The number of para-hydroxylation sites is 1. The van der Waals surface area contributed by atoms with E-state index >= 15 is 0 Å². The molecule has 0 radical (unpaired) electrons. The van der Waals surface area contributed by atoms with Crippen molar-refractivity contribution >= 4 is 22.9 Å². The molecule has 7 heteroatoms. The first kappa shape index (κ1) is 16.7. The number of thiophene rings is 1. The molecule has 0 saturated heterocycles. The molecule has 130 valence electrons. The molecule has 4 aromatic rings. The highest BCUT2D eigenvalue weighted by Crippen LogP contribution is 2.25. The Morgan fingerprint density at radius 3 is 2.67 bits per heavy atom. The van der Waals surface area contributed by atoms with E-state index in [2.05, 4.69) is 15.4 Å². The number of benzene rings is 2. The number of carbonyl (C=O) groups excluding carboxylic acids is 1. The van der Waals surface area contributed by atoms with Crippen molar-refractivity contribution in [1.82, 2.24) is 14.8 Å². The summed E-state index contributed by atoms with van der Waals surface area (Å²) >= 11 is 1.53. The van der Waals surface area contributed by atoms with Crippen molar-refractivity contribution in [3.8, 4) is 22.5 Å². The fraction of sp³-hybridized carbons (Fsp3) is 0. The Bertz CT molecular complexity index is 1130. The van der Waals surface area contributed by atoms with E-state index in [0.29, 0.717) is 17.1 Å². The number of rotatable bonds is 4. The molecule has 0 spiro atoms. The first-order valence-electron chi connectivity index (χ1n) is 8.12. The highest BCUT2D eigenvalue weighted by Gasteiger charge is 2.19. The molecule has 2 aromatic heterocycles. The van der Waals surface area contributed by atoms with Gasteiger partial charge >= 0.3 is 0 Å². The molecule has 0 saturated carbocycles. The minimum absolute atomic E-state index is 0.0598. The molecule has 2 heterocycles. The van der Waals surface area contributed by atoms with E-state index in [9.17, 15) is 4.79 Å². The lowest BCUT2D eigenvalue weighted by Crippen LogP contribution is -2.14. The van der Waals surface area contributed by atoms with Gasteiger partial charge in [0, 0.05) is 5.69 Å². The molecule has 0 atom stereocenters. The third kappa shape index (κ3) is 3.47. The zero-order chi connectivity index (χ0) is 18.6. The quantitative estimate of drug-likeness (QED) is 0.585. The normalized spacial score (nSPS) is 10.3. The van der Waals surface area contributed by atoms with Crippen LogP contribution in [-0.2, 0) is 0 Å². The predicted molar refractivity (Wildman–Crippen MR) is 104 cm³/mol. The van der Waals surface area contributed by atoms with E-state index in [0.717, 1.165) is 10.6 Å². The summed E-state index contributed by atoms with van der Waals surface area (Å²) in [6.45, 7) is 0. The number of hydrogen-bond donors (Lipinski definition) is 1. The molecule has 0 aliphatic rings. The van der Waals surface area contributed by atoms with Gasteiger partial charge in [0.1, 0.15) is 0 Å². The number of hydrogen-bond acceptors (Lipinski definition) is 5. The first-order valence-corrected chi connectivity index (χ1v) is 9.00. The Morgan fingerprint density at radius 1 is 1.07 bits per heavy atom. The third-order valence-corrected chi connectivity index (χ3v) is 4.67. The molecule has 0 aliphatic heterocycles. The van der Waals surface area contributed by atoms with Gasteiger partial charge < -0.3 is 5.32 Å². The molecular weight excluding hydrogens is 358 g/mol. The van der Waals surface area contributed by atoms with E-state index in [-0.39, 0.29) is 5.82 Å². The molecule has 1 amide bonds. The van der Waals surface area contributed by atoms with E-state index in [1.807, 2.05) is 53.9 Å². The van der Waals surface area contributed by atoms with Gasteiger partial charge in [0.05, 0.1) is 22.2 Å². The van der Waals surface area contributed by atoms with Crippen molar-refractivity contribution in [3.05, 3.63) is 83.5 Å². The highest BCUT2D eigenvalue weighted by atomic mass is 32.1. The summed E-state index contributed by atoms with van der Waals surface area (Å²) in [6, 6.07) is 22.2. The lowest BCUT2D eigenvalue weighted by Gasteiger charge is -2.03. The van der Waals surface area contributed by atoms with Crippen LogP contribution in [0.25, 0.3) is 16.4 Å². The number of carbonyl (C=O) groups is 1. The topological polar surface area (TPSA) is 83.6 Å². The average molecular weight is 371 g/mol. The second-order valence-electron chi connectivity index (χ2n) is 5.63. The Balaban J connectivity index is 1.71. The Labute approximate surface area is 159 Å². The van der Waals surface area contributed by atoms with E-state index in [4.69, 9.17) is 5.26 Å². The van der Waals surface area contributed by atoms with E-state index in [1.54, 1.807) is 28.9 Å². The first-order chi connectivity index (χ1) is 13.2. The maximum Gasteiger partial charge on any atom is 0.295 e. The molecule has 0 unspecified atom stereocenters. The van der Waals surface area contributed by atoms with Gasteiger partial charge in [-0.2, -0.15) is 5.26 Å². The van der Waals surface area contributed by atoms with Crippen LogP contribution >= 0.6 is 11.3 Å². The van der Waals surface area contributed by atoms with Gasteiger partial charge in [-0.05, 0) is 41.8 Å². The van der Waals surface area contributed by atoms with Crippen LogP contribution in [0.5, 0.6) is 0 Å². The summed E-state index contributed by atoms with van der Waals surface area (Å²) in [5.74, 6) is 0.231. The van der Waals surface area contributed by atoms with Gasteiger partial charge in [-0.15, -0.1) is 16.4 Å². The van der Waals surface area contributed by atoms with Crippen molar-refractivity contribution in [2.45, 2.75) is 0 Å². The van der Waals surface area contributed by atoms with Crippen LogP contribution in [-0.4, -0.2) is 20.7 Å². The van der Waals surface area contributed by atoms with Crippen LogP contribution in [0.4, 0.5) is 5.69 Å². The second-order valence-corrected chi connectivity index (χ2v) is 6.58. The Kier molecular flexibility index (Phi) is 4.47. The smallest absolute Gasteiger partial charge is 0.295 e. The lowest BCUT2D eigenvalue weighted by molar-refractivity contribution is 0.101. The standard InChI is InChI=1S/C20H13N5OS/c21-13-14-6-4-7-15(12-14)22-20(26)18-23-19(17-10-5-11-27-17)25(24-18)16-8-2-1-3-9-16/h1-12H,(H,22,26). The summed E-state index contributed by atoms with van der Waals surface area (Å²) in [7, 11) is 0. The number of nitrogens with zero attached hydrogens (tertiary/aromatic N) is 4. The van der Waals surface area contributed by atoms with Crippen molar-refractivity contribution < 1.29 is 4.79 Å². The number of aromatic nitrogens is 3. The number of nitrogens with one attached hydrogen (secondary N) is 1. The van der Waals surface area contributed by atoms with Crippen LogP contribution in [0.3, 0.4) is 0 Å². The van der Waals surface area contributed by atoms with Crippen LogP contribution in [0.1, 0.15) is 16.2 Å². The second kappa shape index (κ2) is 7.23. The van der Waals surface area contributed by atoms with E-state index in [1.165, 1.54) is 11.3 Å². The maximum atomic E-state index is 12.7. The third-order valence-electron chi connectivity index (χ3n) is 3.80. The zero-order valence-electron chi connectivity index (χ0n) is 14.0. The van der Waals surface area contributed by atoms with E-state index < -0.39 is 5.91 Å². The van der Waals surface area contributed by atoms with Crippen molar-refractivity contribution in [3.63, 3.8) is 0 Å². The fourth-order valence-electron chi connectivity index (χ4n) is 2.58. The highest BCUT2D eigenvalue weighted by molar-refractivity contribution is 7.13. The Morgan fingerprint density at radius 2 is 1.93 bits per heavy atom. The molecule has 1 N–H and O–H groups in total. The summed E-state index contributed by atoms with van der Waals surface area (Å²) in [5, 5.41) is 18.1. The largest absolute Gasteiger partial charge is 0.319 e. The average Bonchev–Trinajstić information content (AvgIpc) is 3.38. The van der Waals surface area contributed by atoms with Crippen molar-refractivity contribution in [1.29, 1.82) is 5.26 Å². The maximum absolute atomic E-state index is 12.7. The van der Waals surface area contributed by atoms with Crippen molar-refractivity contribution in [2.75, 3.05) is 5.32 Å². The monoisotopic (exact) mass is 371 g/mol. The zero-order valence-corrected chi connectivity index (χ0v) is 14.9. The SMILES string of the molecule is N#Cc1cccc(NC(=O)c2nc(-c3cccs3)n(-c3ccccc3)n2)c1. The summed E-state index contributed by atoms with van der Waals surface area (Å²) < 4.78 is 1.66. The molecular formula is C20H13N5OS. The fourth-order valence-corrected chi connectivity index (χ4v) is 3.27. The molecule has 2 aromatic carbocycles. The molecule has 6 nitrogen and oxygen atoms in total. The van der Waals surface area contributed by atoms with Crippen molar-refractivity contribution in [2.24, 2.45) is 0 Å². The van der Waals surface area contributed by atoms with Gasteiger partial charge in [0.2, 0.25) is 5.82 Å².